The smallest absolute Gasteiger partial charge is 0.335 e. The molecule has 1 N–H and O–H groups in total. The zero-order chi connectivity index (χ0) is 13.8. The lowest BCUT2D eigenvalue weighted by atomic mass is 10.1. The van der Waals surface area contributed by atoms with E-state index in [1.165, 1.54) is 12.1 Å². The van der Waals surface area contributed by atoms with Crippen molar-refractivity contribution in [2.75, 3.05) is 0 Å². The van der Waals surface area contributed by atoms with Gasteiger partial charge in [-0.3, -0.25) is 0 Å². The normalized spacial score (nSPS) is 11.9. The van der Waals surface area contributed by atoms with Crippen LogP contribution in [0.25, 0.3) is 0 Å². The van der Waals surface area contributed by atoms with Crippen LogP contribution < -0.4 is 4.74 Å². The molecule has 2 aromatic rings. The number of hydrogen-bond donors (Lipinski definition) is 1. The van der Waals surface area contributed by atoms with E-state index < -0.39 is 5.97 Å². The summed E-state index contributed by atoms with van der Waals surface area (Å²) >= 11 is 6.09. The van der Waals surface area contributed by atoms with Gasteiger partial charge < -0.3 is 9.84 Å². The Balaban J connectivity index is 2.13. The summed E-state index contributed by atoms with van der Waals surface area (Å²) in [6.07, 6.45) is -0.204. The molecule has 1 unspecified atom stereocenters. The van der Waals surface area contributed by atoms with Crippen molar-refractivity contribution in [1.82, 2.24) is 0 Å². The minimum Gasteiger partial charge on any atom is -0.486 e. The molecule has 19 heavy (non-hydrogen) atoms. The van der Waals surface area contributed by atoms with E-state index in [2.05, 4.69) is 0 Å². The molecule has 1 atom stereocenters. The summed E-state index contributed by atoms with van der Waals surface area (Å²) in [5, 5.41) is 9.46. The highest BCUT2D eigenvalue weighted by atomic mass is 35.5. The molecule has 2 rings (SSSR count). The second-order valence-corrected chi connectivity index (χ2v) is 4.52. The third-order valence-corrected chi connectivity index (χ3v) is 3.10. The minimum absolute atomic E-state index is 0.204. The van der Waals surface area contributed by atoms with Crippen molar-refractivity contribution in [1.29, 1.82) is 0 Å². The largest absolute Gasteiger partial charge is 0.486 e. The summed E-state index contributed by atoms with van der Waals surface area (Å²) in [4.78, 5) is 10.7. The monoisotopic (exact) mass is 276 g/mol. The van der Waals surface area contributed by atoms with Crippen LogP contribution in [-0.2, 0) is 0 Å². The Labute approximate surface area is 116 Å². The van der Waals surface area contributed by atoms with E-state index in [4.69, 9.17) is 21.4 Å². The predicted octanol–water partition coefficient (Wildman–Crippen LogP) is 4.18. The molecule has 0 saturated heterocycles. The van der Waals surface area contributed by atoms with Gasteiger partial charge in [-0.05, 0) is 37.3 Å². The molecule has 0 radical (unpaired) electrons. The van der Waals surface area contributed by atoms with E-state index >= 15 is 0 Å². The molecule has 3 nitrogen and oxygen atoms in total. The summed E-state index contributed by atoms with van der Waals surface area (Å²) in [7, 11) is 0. The van der Waals surface area contributed by atoms with Gasteiger partial charge in [-0.15, -0.1) is 0 Å². The standard InChI is InChI=1S/C15H13ClO3/c1-10(13-4-2-3-5-14(13)16)19-12-8-6-11(7-9-12)15(17)18/h2-10H,1H3,(H,17,18). The van der Waals surface area contributed by atoms with E-state index in [1.54, 1.807) is 12.1 Å². The van der Waals surface area contributed by atoms with Gasteiger partial charge in [0.2, 0.25) is 0 Å². The van der Waals surface area contributed by atoms with Crippen LogP contribution in [0.3, 0.4) is 0 Å². The summed E-state index contributed by atoms with van der Waals surface area (Å²) < 4.78 is 5.74. The number of rotatable bonds is 4. The van der Waals surface area contributed by atoms with E-state index in [0.29, 0.717) is 10.8 Å². The number of carboxylic acids is 1. The number of aromatic carboxylic acids is 1. The molecule has 0 aliphatic rings. The Bertz CT molecular complexity index is 578. The SMILES string of the molecule is CC(Oc1ccc(C(=O)O)cc1)c1ccccc1Cl. The molecule has 0 saturated carbocycles. The molecule has 0 aliphatic carbocycles. The van der Waals surface area contributed by atoms with Crippen molar-refractivity contribution in [3.8, 4) is 5.75 Å². The van der Waals surface area contributed by atoms with Gasteiger partial charge >= 0.3 is 5.97 Å². The van der Waals surface area contributed by atoms with Crippen LogP contribution in [0.5, 0.6) is 5.75 Å². The number of benzene rings is 2. The van der Waals surface area contributed by atoms with E-state index in [1.807, 2.05) is 31.2 Å². The van der Waals surface area contributed by atoms with Crippen LogP contribution in [0.4, 0.5) is 0 Å². The van der Waals surface area contributed by atoms with E-state index in [-0.39, 0.29) is 11.7 Å². The molecule has 0 fully saturated rings. The molecule has 0 aliphatic heterocycles. The molecular weight excluding hydrogens is 264 g/mol. The van der Waals surface area contributed by atoms with Gasteiger partial charge in [0.15, 0.2) is 0 Å². The minimum atomic E-state index is -0.953. The third-order valence-electron chi connectivity index (χ3n) is 2.76. The Hall–Kier alpha value is -2.00. The fraction of sp³-hybridized carbons (Fsp3) is 0.133. The highest BCUT2D eigenvalue weighted by Crippen LogP contribution is 2.27. The van der Waals surface area contributed by atoms with Gasteiger partial charge in [0, 0.05) is 10.6 Å². The Morgan fingerprint density at radius 3 is 2.37 bits per heavy atom. The predicted molar refractivity (Wildman–Crippen MR) is 73.9 cm³/mol. The Kier molecular flexibility index (Phi) is 4.07. The first-order chi connectivity index (χ1) is 9.08. The molecule has 2 aromatic carbocycles. The number of halogens is 1. The maximum Gasteiger partial charge on any atom is 0.335 e. The van der Waals surface area contributed by atoms with Crippen molar-refractivity contribution >= 4 is 17.6 Å². The molecular formula is C15H13ClO3. The molecule has 0 spiro atoms. The van der Waals surface area contributed by atoms with Gasteiger partial charge in [-0.2, -0.15) is 0 Å². The van der Waals surface area contributed by atoms with Crippen molar-refractivity contribution in [2.24, 2.45) is 0 Å². The summed E-state index contributed by atoms with van der Waals surface area (Å²) in [5.74, 6) is -0.344. The van der Waals surface area contributed by atoms with Crippen LogP contribution in [0, 0.1) is 0 Å². The first-order valence-corrected chi connectivity index (χ1v) is 6.20. The Morgan fingerprint density at radius 2 is 1.79 bits per heavy atom. The quantitative estimate of drug-likeness (QED) is 0.911. The van der Waals surface area contributed by atoms with Crippen LogP contribution in [0.15, 0.2) is 48.5 Å². The second kappa shape index (κ2) is 5.76. The average molecular weight is 277 g/mol. The van der Waals surface area contributed by atoms with Gasteiger partial charge in [0.1, 0.15) is 11.9 Å². The van der Waals surface area contributed by atoms with Crippen molar-refractivity contribution in [2.45, 2.75) is 13.0 Å². The summed E-state index contributed by atoms with van der Waals surface area (Å²) in [6.45, 7) is 1.90. The van der Waals surface area contributed by atoms with Crippen molar-refractivity contribution < 1.29 is 14.6 Å². The fourth-order valence-electron chi connectivity index (χ4n) is 1.75. The van der Waals surface area contributed by atoms with Gasteiger partial charge in [0.05, 0.1) is 5.56 Å². The maximum absolute atomic E-state index is 10.7. The molecule has 0 aromatic heterocycles. The van der Waals surface area contributed by atoms with E-state index in [9.17, 15) is 4.79 Å². The molecule has 98 valence electrons. The fourth-order valence-corrected chi connectivity index (χ4v) is 2.04. The number of ether oxygens (including phenoxy) is 1. The highest BCUT2D eigenvalue weighted by molar-refractivity contribution is 6.31. The average Bonchev–Trinajstić information content (AvgIpc) is 2.39. The summed E-state index contributed by atoms with van der Waals surface area (Å²) in [6, 6.07) is 13.8. The number of carboxylic acid groups (broad SMARTS) is 1. The number of carbonyl (C=O) groups is 1. The van der Waals surface area contributed by atoms with Crippen molar-refractivity contribution in [3.05, 3.63) is 64.7 Å². The lowest BCUT2D eigenvalue weighted by molar-refractivity contribution is 0.0697. The zero-order valence-electron chi connectivity index (χ0n) is 10.3. The first kappa shape index (κ1) is 13.4. The van der Waals surface area contributed by atoms with Gasteiger partial charge in [0.25, 0.3) is 0 Å². The van der Waals surface area contributed by atoms with Gasteiger partial charge in [-0.1, -0.05) is 29.8 Å². The zero-order valence-corrected chi connectivity index (χ0v) is 11.1. The van der Waals surface area contributed by atoms with Crippen LogP contribution in [0.1, 0.15) is 28.9 Å². The first-order valence-electron chi connectivity index (χ1n) is 5.82. The topological polar surface area (TPSA) is 46.5 Å². The summed E-state index contributed by atoms with van der Waals surface area (Å²) in [5.41, 5.74) is 1.13. The number of hydrogen-bond acceptors (Lipinski definition) is 2. The molecule has 0 amide bonds. The van der Waals surface area contributed by atoms with Crippen LogP contribution in [0.2, 0.25) is 5.02 Å². The lowest BCUT2D eigenvalue weighted by Crippen LogP contribution is -2.04. The lowest BCUT2D eigenvalue weighted by Gasteiger charge is -2.16. The van der Waals surface area contributed by atoms with Crippen molar-refractivity contribution in [3.63, 3.8) is 0 Å². The van der Waals surface area contributed by atoms with Crippen LogP contribution >= 0.6 is 11.6 Å². The Morgan fingerprint density at radius 1 is 1.16 bits per heavy atom. The third kappa shape index (κ3) is 3.26. The maximum atomic E-state index is 10.7. The highest BCUT2D eigenvalue weighted by Gasteiger charge is 2.11. The molecule has 0 heterocycles. The molecule has 0 bridgehead atoms. The van der Waals surface area contributed by atoms with Gasteiger partial charge in [-0.25, -0.2) is 4.79 Å². The van der Waals surface area contributed by atoms with E-state index in [0.717, 1.165) is 5.56 Å². The second-order valence-electron chi connectivity index (χ2n) is 4.11. The van der Waals surface area contributed by atoms with Crippen LogP contribution in [-0.4, -0.2) is 11.1 Å². The molecule has 4 heteroatoms.